The van der Waals surface area contributed by atoms with Crippen molar-refractivity contribution in [1.29, 1.82) is 0 Å². The van der Waals surface area contributed by atoms with E-state index in [0.29, 0.717) is 0 Å². The number of furan rings is 1. The second-order valence-corrected chi connectivity index (χ2v) is 16.9. The Labute approximate surface area is 355 Å². The Morgan fingerprint density at radius 3 is 1.75 bits per heavy atom. The van der Waals surface area contributed by atoms with Crippen molar-refractivity contribution in [2.24, 2.45) is 0 Å². The van der Waals surface area contributed by atoms with Gasteiger partial charge in [0.25, 0.3) is 0 Å². The normalized spacial score (nSPS) is 12.9. The maximum atomic E-state index is 6.89. The lowest BCUT2D eigenvalue weighted by Gasteiger charge is -2.28. The van der Waals surface area contributed by atoms with Gasteiger partial charge in [0.05, 0.1) is 0 Å². The van der Waals surface area contributed by atoms with Gasteiger partial charge in [-0.1, -0.05) is 178 Å². The third kappa shape index (κ3) is 5.56. The minimum Gasteiger partial charge on any atom is -0.455 e. The van der Waals surface area contributed by atoms with Crippen LogP contribution >= 0.6 is 0 Å². The molecule has 11 aromatic rings. The first kappa shape index (κ1) is 35.3. The molecule has 1 heterocycles. The Kier molecular flexibility index (Phi) is 7.92. The Hall–Kier alpha value is -7.68. The third-order valence-electron chi connectivity index (χ3n) is 13.0. The van der Waals surface area contributed by atoms with E-state index in [2.05, 4.69) is 231 Å². The van der Waals surface area contributed by atoms with Crippen LogP contribution in [-0.4, -0.2) is 0 Å². The topological polar surface area (TPSA) is 16.4 Å². The molecule has 61 heavy (non-hydrogen) atoms. The van der Waals surface area contributed by atoms with Gasteiger partial charge in [-0.2, -0.15) is 0 Å². The molecule has 0 spiro atoms. The monoisotopic (exact) mass is 779 g/mol. The summed E-state index contributed by atoms with van der Waals surface area (Å²) in [5.41, 5.74) is 17.4. The molecule has 0 N–H and O–H groups in total. The average Bonchev–Trinajstić information content (AvgIpc) is 3.81. The van der Waals surface area contributed by atoms with Crippen LogP contribution in [0.3, 0.4) is 0 Å². The fraction of sp³-hybridized carbons (Fsp3) is 0.0508. The summed E-state index contributed by atoms with van der Waals surface area (Å²) >= 11 is 0. The van der Waals surface area contributed by atoms with Gasteiger partial charge in [0.15, 0.2) is 0 Å². The van der Waals surface area contributed by atoms with E-state index in [4.69, 9.17) is 4.42 Å². The van der Waals surface area contributed by atoms with Gasteiger partial charge in [0.2, 0.25) is 0 Å². The Morgan fingerprint density at radius 1 is 0.377 bits per heavy atom. The van der Waals surface area contributed by atoms with E-state index in [1.165, 1.54) is 60.7 Å². The summed E-state index contributed by atoms with van der Waals surface area (Å²) < 4.78 is 6.89. The predicted octanol–water partition coefficient (Wildman–Crippen LogP) is 16.7. The summed E-state index contributed by atoms with van der Waals surface area (Å²) in [5.74, 6) is 0. The molecule has 0 fully saturated rings. The number of anilines is 3. The maximum absolute atomic E-state index is 6.89. The predicted molar refractivity (Wildman–Crippen MR) is 257 cm³/mol. The van der Waals surface area contributed by atoms with E-state index >= 15 is 0 Å². The highest BCUT2D eigenvalue weighted by molar-refractivity contribution is 6.23. The van der Waals surface area contributed by atoms with Crippen molar-refractivity contribution in [2.75, 3.05) is 4.90 Å². The number of hydrogen-bond donors (Lipinski definition) is 0. The Bertz CT molecular complexity index is 3490. The number of benzene rings is 10. The molecular weight excluding hydrogens is 739 g/mol. The zero-order valence-corrected chi connectivity index (χ0v) is 34.1. The van der Waals surface area contributed by atoms with Crippen molar-refractivity contribution in [3.63, 3.8) is 0 Å². The molecule has 288 valence electrons. The first-order valence-corrected chi connectivity index (χ1v) is 21.2. The number of nitrogens with zero attached hydrogens (tertiary/aromatic N) is 1. The SMILES string of the molecule is CC1(C)c2ccccc2-c2ccc(N(c3ccc(-c4c(-c5ccccc5)ccc5oc6c7ccccc7c(-c7ccccc7)cc6c45)cc3)c3ccc4ccccc4c3)cc21. The second-order valence-electron chi connectivity index (χ2n) is 16.9. The lowest BCUT2D eigenvalue weighted by molar-refractivity contribution is 0.660. The van der Waals surface area contributed by atoms with Gasteiger partial charge in [-0.05, 0) is 115 Å². The molecule has 0 radical (unpaired) electrons. The molecule has 10 aromatic carbocycles. The quantitative estimate of drug-likeness (QED) is 0.167. The van der Waals surface area contributed by atoms with E-state index < -0.39 is 0 Å². The highest BCUT2D eigenvalue weighted by Gasteiger charge is 2.35. The Morgan fingerprint density at radius 2 is 0.967 bits per heavy atom. The van der Waals surface area contributed by atoms with E-state index in [1.54, 1.807) is 0 Å². The van der Waals surface area contributed by atoms with Gasteiger partial charge < -0.3 is 9.32 Å². The lowest BCUT2D eigenvalue weighted by Crippen LogP contribution is -2.16. The van der Waals surface area contributed by atoms with Gasteiger partial charge in [-0.3, -0.25) is 0 Å². The van der Waals surface area contributed by atoms with Crippen LogP contribution in [0.4, 0.5) is 17.1 Å². The zero-order valence-electron chi connectivity index (χ0n) is 34.1. The van der Waals surface area contributed by atoms with Crippen LogP contribution in [-0.2, 0) is 5.41 Å². The van der Waals surface area contributed by atoms with Gasteiger partial charge in [0, 0.05) is 44.2 Å². The molecule has 1 aromatic heterocycles. The lowest BCUT2D eigenvalue weighted by atomic mass is 9.82. The zero-order chi connectivity index (χ0) is 40.7. The summed E-state index contributed by atoms with van der Waals surface area (Å²) in [4.78, 5) is 2.42. The van der Waals surface area contributed by atoms with Crippen molar-refractivity contribution in [2.45, 2.75) is 19.3 Å². The molecule has 0 aliphatic heterocycles. The standard InChI is InChI=1S/C59H41NO/c1-59(2)53-24-14-13-22-48(53)49-32-31-45(36-54(49)59)60(44-30-25-38-15-9-10-20-42(38)35-44)43-28-26-41(27-29-43)56-46(39-16-5-3-6-17-39)33-34-55-57(56)52-37-51(40-18-7-4-8-19-40)47-21-11-12-23-50(47)58(52)61-55/h3-37H,1-2H3. The van der Waals surface area contributed by atoms with Crippen LogP contribution < -0.4 is 4.90 Å². The molecule has 0 bridgehead atoms. The maximum Gasteiger partial charge on any atom is 0.143 e. The van der Waals surface area contributed by atoms with Crippen molar-refractivity contribution in [3.8, 4) is 44.5 Å². The largest absolute Gasteiger partial charge is 0.455 e. The fourth-order valence-electron chi connectivity index (χ4n) is 10.1. The second kappa shape index (κ2) is 13.7. The summed E-state index contributed by atoms with van der Waals surface area (Å²) in [6.07, 6.45) is 0. The summed E-state index contributed by atoms with van der Waals surface area (Å²) in [6.45, 7) is 4.71. The molecule has 0 saturated heterocycles. The summed E-state index contributed by atoms with van der Waals surface area (Å²) in [6, 6.07) is 77.3. The van der Waals surface area contributed by atoms with Crippen LogP contribution in [0.1, 0.15) is 25.0 Å². The molecule has 0 amide bonds. The van der Waals surface area contributed by atoms with Crippen molar-refractivity contribution < 1.29 is 4.42 Å². The summed E-state index contributed by atoms with van der Waals surface area (Å²) in [7, 11) is 0. The first-order chi connectivity index (χ1) is 30.0. The van der Waals surface area contributed by atoms with Crippen molar-refractivity contribution in [1.82, 2.24) is 0 Å². The number of fused-ring (bicyclic) bond motifs is 9. The van der Waals surface area contributed by atoms with Gasteiger partial charge in [-0.15, -0.1) is 0 Å². The van der Waals surface area contributed by atoms with Crippen molar-refractivity contribution in [3.05, 3.63) is 223 Å². The summed E-state index contributed by atoms with van der Waals surface area (Å²) in [5, 5.41) is 6.97. The number of hydrogen-bond acceptors (Lipinski definition) is 2. The average molecular weight is 780 g/mol. The Balaban J connectivity index is 1.07. The highest BCUT2D eigenvalue weighted by atomic mass is 16.3. The fourth-order valence-corrected chi connectivity index (χ4v) is 10.1. The smallest absolute Gasteiger partial charge is 0.143 e. The van der Waals surface area contributed by atoms with Crippen LogP contribution in [0.15, 0.2) is 217 Å². The van der Waals surface area contributed by atoms with Crippen LogP contribution in [0.5, 0.6) is 0 Å². The number of rotatable bonds is 6. The molecule has 0 saturated carbocycles. The minimum atomic E-state index is -0.119. The van der Waals surface area contributed by atoms with Crippen LogP contribution in [0.2, 0.25) is 0 Å². The van der Waals surface area contributed by atoms with Crippen molar-refractivity contribution >= 4 is 60.5 Å². The first-order valence-electron chi connectivity index (χ1n) is 21.2. The third-order valence-corrected chi connectivity index (χ3v) is 13.0. The molecule has 1 aliphatic carbocycles. The van der Waals surface area contributed by atoms with Gasteiger partial charge in [-0.25, -0.2) is 0 Å². The highest BCUT2D eigenvalue weighted by Crippen LogP contribution is 2.51. The molecular formula is C59H41NO. The van der Waals surface area contributed by atoms with Crippen LogP contribution in [0, 0.1) is 0 Å². The van der Waals surface area contributed by atoms with Crippen LogP contribution in [0.25, 0.3) is 88.0 Å². The molecule has 0 unspecified atom stereocenters. The van der Waals surface area contributed by atoms with E-state index in [0.717, 1.165) is 55.5 Å². The molecule has 0 atom stereocenters. The van der Waals surface area contributed by atoms with Gasteiger partial charge in [0.1, 0.15) is 11.2 Å². The van der Waals surface area contributed by atoms with E-state index in [1.807, 2.05) is 0 Å². The molecule has 2 nitrogen and oxygen atoms in total. The minimum absolute atomic E-state index is 0.119. The molecule has 2 heteroatoms. The molecule has 1 aliphatic rings. The molecule has 12 rings (SSSR count). The van der Waals surface area contributed by atoms with E-state index in [9.17, 15) is 0 Å². The van der Waals surface area contributed by atoms with E-state index in [-0.39, 0.29) is 5.41 Å². The van der Waals surface area contributed by atoms with Gasteiger partial charge >= 0.3 is 0 Å².